The molecule has 2 aliphatic rings. The first-order valence-corrected chi connectivity index (χ1v) is 6.61. The van der Waals surface area contributed by atoms with Crippen LogP contribution >= 0.6 is 0 Å². The van der Waals surface area contributed by atoms with Gasteiger partial charge in [-0.05, 0) is 31.0 Å². The van der Waals surface area contributed by atoms with Gasteiger partial charge < -0.3 is 4.74 Å². The molecular formula is C16H13NO2. The highest BCUT2D eigenvalue weighted by atomic mass is 16.5. The number of benzene rings is 1. The van der Waals surface area contributed by atoms with Crippen molar-refractivity contribution in [2.75, 3.05) is 0 Å². The lowest BCUT2D eigenvalue weighted by molar-refractivity contribution is 0.0971. The highest BCUT2D eigenvalue weighted by Crippen LogP contribution is 2.37. The van der Waals surface area contributed by atoms with Crippen LogP contribution in [0.1, 0.15) is 34.5 Å². The molecule has 4 rings (SSSR count). The van der Waals surface area contributed by atoms with Gasteiger partial charge in [0.1, 0.15) is 12.4 Å². The standard InChI is InChI=1S/C16H13NO2/c18-14-6-3-5-13-12(14)8-10-9-19-15-7-2-1-4-11(15)16(10)17-13/h1-2,4,7-8H,3,5-6,9H2. The Labute approximate surface area is 111 Å². The Bertz CT molecular complexity index is 691. The van der Waals surface area contributed by atoms with Gasteiger partial charge in [-0.2, -0.15) is 0 Å². The second-order valence-electron chi connectivity index (χ2n) is 5.05. The molecule has 0 amide bonds. The van der Waals surface area contributed by atoms with Gasteiger partial charge in [0.2, 0.25) is 0 Å². The molecule has 0 bridgehead atoms. The number of carbonyl (C=O) groups is 1. The summed E-state index contributed by atoms with van der Waals surface area (Å²) in [6.45, 7) is 0.500. The van der Waals surface area contributed by atoms with Crippen LogP contribution in [-0.2, 0) is 13.0 Å². The van der Waals surface area contributed by atoms with Crippen LogP contribution in [0, 0.1) is 0 Å². The van der Waals surface area contributed by atoms with Crippen molar-refractivity contribution < 1.29 is 9.53 Å². The van der Waals surface area contributed by atoms with E-state index in [0.29, 0.717) is 13.0 Å². The summed E-state index contributed by atoms with van der Waals surface area (Å²) in [7, 11) is 0. The van der Waals surface area contributed by atoms with Crippen molar-refractivity contribution in [3.05, 3.63) is 47.2 Å². The maximum atomic E-state index is 11.9. The van der Waals surface area contributed by atoms with Crippen molar-refractivity contribution in [3.63, 3.8) is 0 Å². The average Bonchev–Trinajstić information content (AvgIpc) is 2.46. The first-order chi connectivity index (χ1) is 9.33. The molecule has 0 atom stereocenters. The number of para-hydroxylation sites is 1. The van der Waals surface area contributed by atoms with E-state index in [2.05, 4.69) is 0 Å². The number of fused-ring (bicyclic) bond motifs is 4. The monoisotopic (exact) mass is 251 g/mol. The Morgan fingerprint density at radius 1 is 1.11 bits per heavy atom. The van der Waals surface area contributed by atoms with Gasteiger partial charge in [-0.15, -0.1) is 0 Å². The predicted molar refractivity (Wildman–Crippen MR) is 71.3 cm³/mol. The third-order valence-electron chi connectivity index (χ3n) is 3.82. The number of Topliss-reactive ketones (excluding diaryl/α,β-unsaturated/α-hetero) is 1. The molecule has 0 radical (unpaired) electrons. The summed E-state index contributed by atoms with van der Waals surface area (Å²) in [4.78, 5) is 16.7. The Hall–Kier alpha value is -2.16. The summed E-state index contributed by atoms with van der Waals surface area (Å²) in [5, 5.41) is 0. The van der Waals surface area contributed by atoms with Crippen LogP contribution in [0.3, 0.4) is 0 Å². The Kier molecular flexibility index (Phi) is 2.21. The normalized spacial score (nSPS) is 16.1. The number of ether oxygens (including phenoxy) is 1. The van der Waals surface area contributed by atoms with Crippen LogP contribution in [0.2, 0.25) is 0 Å². The molecule has 3 nitrogen and oxygen atoms in total. The van der Waals surface area contributed by atoms with Crippen LogP contribution in [0.15, 0.2) is 30.3 Å². The van der Waals surface area contributed by atoms with Gasteiger partial charge in [-0.25, -0.2) is 0 Å². The minimum atomic E-state index is 0.218. The molecular weight excluding hydrogens is 238 g/mol. The highest BCUT2D eigenvalue weighted by Gasteiger charge is 2.24. The van der Waals surface area contributed by atoms with Crippen LogP contribution in [-0.4, -0.2) is 10.8 Å². The maximum Gasteiger partial charge on any atom is 0.164 e. The van der Waals surface area contributed by atoms with Gasteiger partial charge in [0, 0.05) is 23.1 Å². The van der Waals surface area contributed by atoms with E-state index in [1.165, 1.54) is 0 Å². The number of carbonyl (C=O) groups excluding carboxylic acids is 1. The zero-order chi connectivity index (χ0) is 12.8. The second kappa shape index (κ2) is 3.92. The minimum absolute atomic E-state index is 0.218. The molecule has 0 saturated carbocycles. The third-order valence-corrected chi connectivity index (χ3v) is 3.82. The lowest BCUT2D eigenvalue weighted by Crippen LogP contribution is -2.16. The molecule has 1 aliphatic carbocycles. The van der Waals surface area contributed by atoms with Gasteiger partial charge in [0.25, 0.3) is 0 Å². The fraction of sp³-hybridized carbons (Fsp3) is 0.250. The average molecular weight is 251 g/mol. The zero-order valence-corrected chi connectivity index (χ0v) is 10.5. The summed E-state index contributed by atoms with van der Waals surface area (Å²) in [6, 6.07) is 9.92. The number of rotatable bonds is 0. The van der Waals surface area contributed by atoms with E-state index < -0.39 is 0 Å². The van der Waals surface area contributed by atoms with E-state index in [9.17, 15) is 4.79 Å². The Morgan fingerprint density at radius 3 is 2.95 bits per heavy atom. The number of hydrogen-bond acceptors (Lipinski definition) is 3. The van der Waals surface area contributed by atoms with Gasteiger partial charge in [0.05, 0.1) is 11.4 Å². The van der Waals surface area contributed by atoms with E-state index in [1.807, 2.05) is 30.3 Å². The molecule has 1 aliphatic heterocycles. The minimum Gasteiger partial charge on any atom is -0.488 e. The molecule has 2 heterocycles. The largest absolute Gasteiger partial charge is 0.488 e. The van der Waals surface area contributed by atoms with E-state index in [4.69, 9.17) is 9.72 Å². The molecule has 1 aromatic carbocycles. The first-order valence-electron chi connectivity index (χ1n) is 6.61. The molecule has 1 aromatic heterocycles. The van der Waals surface area contributed by atoms with E-state index in [0.717, 1.165) is 46.7 Å². The van der Waals surface area contributed by atoms with Crippen LogP contribution in [0.5, 0.6) is 5.75 Å². The summed E-state index contributed by atoms with van der Waals surface area (Å²) in [5.74, 6) is 1.10. The first kappa shape index (κ1) is 10.7. The molecule has 19 heavy (non-hydrogen) atoms. The van der Waals surface area contributed by atoms with E-state index >= 15 is 0 Å². The van der Waals surface area contributed by atoms with Crippen molar-refractivity contribution in [3.8, 4) is 17.0 Å². The smallest absolute Gasteiger partial charge is 0.164 e. The molecule has 94 valence electrons. The van der Waals surface area contributed by atoms with Gasteiger partial charge >= 0.3 is 0 Å². The predicted octanol–water partition coefficient (Wildman–Crippen LogP) is 3.16. The molecule has 0 fully saturated rings. The molecule has 0 N–H and O–H groups in total. The van der Waals surface area contributed by atoms with Crippen molar-refractivity contribution >= 4 is 5.78 Å². The summed E-state index contributed by atoms with van der Waals surface area (Å²) < 4.78 is 5.72. The topological polar surface area (TPSA) is 39.2 Å². The second-order valence-corrected chi connectivity index (χ2v) is 5.05. The fourth-order valence-corrected chi connectivity index (χ4v) is 2.86. The lowest BCUT2D eigenvalue weighted by atomic mass is 9.91. The van der Waals surface area contributed by atoms with Crippen LogP contribution in [0.4, 0.5) is 0 Å². The molecule has 3 heteroatoms. The van der Waals surface area contributed by atoms with Gasteiger partial charge in [0.15, 0.2) is 5.78 Å². The van der Waals surface area contributed by atoms with E-state index in [1.54, 1.807) is 0 Å². The number of nitrogens with zero attached hydrogens (tertiary/aromatic N) is 1. The number of ketones is 1. The summed E-state index contributed by atoms with van der Waals surface area (Å²) in [5.41, 5.74) is 4.78. The van der Waals surface area contributed by atoms with Crippen LogP contribution in [0.25, 0.3) is 11.3 Å². The lowest BCUT2D eigenvalue weighted by Gasteiger charge is -2.23. The molecule has 0 spiro atoms. The number of pyridine rings is 1. The van der Waals surface area contributed by atoms with Gasteiger partial charge in [-0.3, -0.25) is 9.78 Å². The van der Waals surface area contributed by atoms with Gasteiger partial charge in [-0.1, -0.05) is 12.1 Å². The Balaban J connectivity index is 1.95. The summed E-state index contributed by atoms with van der Waals surface area (Å²) >= 11 is 0. The summed E-state index contributed by atoms with van der Waals surface area (Å²) in [6.07, 6.45) is 2.46. The fourth-order valence-electron chi connectivity index (χ4n) is 2.86. The molecule has 2 aromatic rings. The quantitative estimate of drug-likeness (QED) is 0.722. The number of aromatic nitrogens is 1. The third kappa shape index (κ3) is 1.58. The van der Waals surface area contributed by atoms with Crippen molar-refractivity contribution in [1.29, 1.82) is 0 Å². The van der Waals surface area contributed by atoms with Crippen LogP contribution < -0.4 is 4.74 Å². The van der Waals surface area contributed by atoms with Crippen molar-refractivity contribution in [2.24, 2.45) is 0 Å². The van der Waals surface area contributed by atoms with Crippen molar-refractivity contribution in [1.82, 2.24) is 4.98 Å². The Morgan fingerprint density at radius 2 is 2.00 bits per heavy atom. The zero-order valence-electron chi connectivity index (χ0n) is 10.5. The number of aryl methyl sites for hydroxylation is 1. The highest BCUT2D eigenvalue weighted by molar-refractivity contribution is 5.98. The SMILES string of the molecule is O=C1CCCc2nc3c(cc21)COc1ccccc1-3. The van der Waals surface area contributed by atoms with E-state index in [-0.39, 0.29) is 5.78 Å². The number of hydrogen-bond donors (Lipinski definition) is 0. The maximum absolute atomic E-state index is 11.9. The molecule has 0 saturated heterocycles. The van der Waals surface area contributed by atoms with Crippen molar-refractivity contribution in [2.45, 2.75) is 25.9 Å². The molecule has 0 unspecified atom stereocenters.